The number of anilines is 1. The van der Waals surface area contributed by atoms with Crippen LogP contribution in [0.15, 0.2) is 17.0 Å². The molecule has 0 bridgehead atoms. The lowest BCUT2D eigenvalue weighted by molar-refractivity contribution is -0.122. The monoisotopic (exact) mass is 351 g/mol. The Bertz CT molecular complexity index is 647. The quantitative estimate of drug-likeness (QED) is 0.803. The highest BCUT2D eigenvalue weighted by molar-refractivity contribution is 7.89. The molecule has 0 radical (unpaired) electrons. The minimum absolute atomic E-state index is 0.00419. The van der Waals surface area contributed by atoms with Gasteiger partial charge < -0.3 is 11.5 Å². The van der Waals surface area contributed by atoms with Crippen molar-refractivity contribution >= 4 is 44.8 Å². The normalized spacial score (nSPS) is 17.8. The Labute approximate surface area is 133 Å². The van der Waals surface area contributed by atoms with Gasteiger partial charge in [-0.1, -0.05) is 23.2 Å². The van der Waals surface area contributed by atoms with Crippen molar-refractivity contribution in [1.82, 2.24) is 4.31 Å². The van der Waals surface area contributed by atoms with E-state index in [4.69, 9.17) is 34.7 Å². The molecule has 0 spiro atoms. The summed E-state index contributed by atoms with van der Waals surface area (Å²) in [6.45, 7) is 0.405. The van der Waals surface area contributed by atoms with Gasteiger partial charge in [-0.25, -0.2) is 8.42 Å². The lowest BCUT2D eigenvalue weighted by atomic mass is 9.98. The number of nitrogen functional groups attached to an aromatic ring is 1. The molecule has 1 aliphatic heterocycles. The maximum absolute atomic E-state index is 12.6. The molecular weight excluding hydrogens is 337 g/mol. The van der Waals surface area contributed by atoms with Crippen LogP contribution in [-0.4, -0.2) is 31.7 Å². The number of rotatable bonds is 3. The Kier molecular flexibility index (Phi) is 4.67. The second-order valence-electron chi connectivity index (χ2n) is 4.89. The van der Waals surface area contributed by atoms with E-state index in [-0.39, 0.29) is 39.6 Å². The Morgan fingerprint density at radius 1 is 1.24 bits per heavy atom. The van der Waals surface area contributed by atoms with Gasteiger partial charge in [0.2, 0.25) is 15.9 Å². The van der Waals surface area contributed by atoms with Crippen molar-refractivity contribution < 1.29 is 13.2 Å². The number of primary amides is 1. The van der Waals surface area contributed by atoms with Crippen molar-refractivity contribution in [2.45, 2.75) is 17.7 Å². The molecule has 9 heteroatoms. The van der Waals surface area contributed by atoms with E-state index in [0.29, 0.717) is 12.8 Å². The summed E-state index contributed by atoms with van der Waals surface area (Å²) in [4.78, 5) is 11.0. The summed E-state index contributed by atoms with van der Waals surface area (Å²) < 4.78 is 26.5. The summed E-state index contributed by atoms with van der Waals surface area (Å²) >= 11 is 11.8. The van der Waals surface area contributed by atoms with Gasteiger partial charge in [-0.05, 0) is 25.0 Å². The third-order valence-corrected chi connectivity index (χ3v) is 6.14. The lowest BCUT2D eigenvalue weighted by Crippen LogP contribution is -2.41. The van der Waals surface area contributed by atoms with E-state index in [0.717, 1.165) is 0 Å². The average Bonchev–Trinajstić information content (AvgIpc) is 2.37. The van der Waals surface area contributed by atoms with Crippen LogP contribution in [0.25, 0.3) is 0 Å². The van der Waals surface area contributed by atoms with E-state index in [1.165, 1.54) is 16.4 Å². The lowest BCUT2D eigenvalue weighted by Gasteiger charge is -2.30. The summed E-state index contributed by atoms with van der Waals surface area (Å²) in [7, 11) is -3.82. The zero-order chi connectivity index (χ0) is 15.8. The molecule has 0 saturated carbocycles. The smallest absolute Gasteiger partial charge is 0.246 e. The van der Waals surface area contributed by atoms with Gasteiger partial charge in [0.05, 0.1) is 10.7 Å². The molecule has 1 aliphatic rings. The average molecular weight is 352 g/mol. The largest absolute Gasteiger partial charge is 0.398 e. The minimum Gasteiger partial charge on any atom is -0.398 e. The Morgan fingerprint density at radius 3 is 2.29 bits per heavy atom. The SMILES string of the molecule is NC(=O)C1CCN(S(=O)(=O)c2c(N)cc(Cl)cc2Cl)CC1. The molecule has 0 atom stereocenters. The van der Waals surface area contributed by atoms with Crippen LogP contribution in [0.3, 0.4) is 0 Å². The van der Waals surface area contributed by atoms with E-state index >= 15 is 0 Å². The molecule has 21 heavy (non-hydrogen) atoms. The minimum atomic E-state index is -3.82. The van der Waals surface area contributed by atoms with Crippen LogP contribution >= 0.6 is 23.2 Å². The van der Waals surface area contributed by atoms with Crippen molar-refractivity contribution in [3.8, 4) is 0 Å². The summed E-state index contributed by atoms with van der Waals surface area (Å²) in [5.74, 6) is -0.703. The first-order valence-corrected chi connectivity index (χ1v) is 8.47. The maximum atomic E-state index is 12.6. The third-order valence-electron chi connectivity index (χ3n) is 3.49. The molecule has 1 fully saturated rings. The van der Waals surface area contributed by atoms with Crippen molar-refractivity contribution in [3.05, 3.63) is 22.2 Å². The second-order valence-corrected chi connectivity index (χ2v) is 7.61. The number of amides is 1. The molecule has 1 amide bonds. The molecule has 1 heterocycles. The van der Waals surface area contributed by atoms with Gasteiger partial charge in [0.25, 0.3) is 0 Å². The van der Waals surface area contributed by atoms with Crippen molar-refractivity contribution in [3.63, 3.8) is 0 Å². The number of carbonyl (C=O) groups is 1. The first-order valence-electron chi connectivity index (χ1n) is 6.27. The Balaban J connectivity index is 2.30. The van der Waals surface area contributed by atoms with Gasteiger partial charge in [-0.15, -0.1) is 0 Å². The van der Waals surface area contributed by atoms with Crippen molar-refractivity contribution in [2.75, 3.05) is 18.8 Å². The number of hydrogen-bond donors (Lipinski definition) is 2. The van der Waals surface area contributed by atoms with Crippen LogP contribution < -0.4 is 11.5 Å². The topological polar surface area (TPSA) is 106 Å². The summed E-state index contributed by atoms with van der Waals surface area (Å²) in [6, 6.07) is 2.68. The number of nitrogens with two attached hydrogens (primary N) is 2. The Hall–Kier alpha value is -1.02. The van der Waals surface area contributed by atoms with E-state index in [9.17, 15) is 13.2 Å². The fourth-order valence-electron chi connectivity index (χ4n) is 2.36. The van der Waals surface area contributed by atoms with Crippen molar-refractivity contribution in [2.24, 2.45) is 11.7 Å². The fourth-order valence-corrected chi connectivity index (χ4v) is 4.78. The van der Waals surface area contributed by atoms with Gasteiger partial charge in [0.15, 0.2) is 0 Å². The van der Waals surface area contributed by atoms with Crippen molar-refractivity contribution in [1.29, 1.82) is 0 Å². The van der Waals surface area contributed by atoms with Crippen LogP contribution in [0.4, 0.5) is 5.69 Å². The maximum Gasteiger partial charge on any atom is 0.246 e. The molecule has 1 aromatic carbocycles. The van der Waals surface area contributed by atoms with E-state index < -0.39 is 15.9 Å². The number of benzene rings is 1. The highest BCUT2D eigenvalue weighted by Gasteiger charge is 2.33. The van der Waals surface area contributed by atoms with Crippen LogP contribution in [0.2, 0.25) is 10.0 Å². The molecule has 0 aromatic heterocycles. The number of nitrogens with zero attached hydrogens (tertiary/aromatic N) is 1. The second kappa shape index (κ2) is 6.00. The molecule has 4 N–H and O–H groups in total. The van der Waals surface area contributed by atoms with Crippen LogP contribution in [0.5, 0.6) is 0 Å². The molecule has 0 unspecified atom stereocenters. The molecule has 6 nitrogen and oxygen atoms in total. The molecule has 1 saturated heterocycles. The standard InChI is InChI=1S/C12H15Cl2N3O3S/c13-8-5-9(14)11(10(15)6-8)21(19,20)17-3-1-7(2-4-17)12(16)18/h5-7H,1-4,15H2,(H2,16,18). The third kappa shape index (κ3) is 3.26. The number of piperidine rings is 1. The van der Waals surface area contributed by atoms with Gasteiger partial charge in [0.1, 0.15) is 4.90 Å². The van der Waals surface area contributed by atoms with Gasteiger partial charge >= 0.3 is 0 Å². The number of halogens is 2. The van der Waals surface area contributed by atoms with E-state index in [2.05, 4.69) is 0 Å². The number of sulfonamides is 1. The van der Waals surface area contributed by atoms with Crippen LogP contribution in [-0.2, 0) is 14.8 Å². The highest BCUT2D eigenvalue weighted by atomic mass is 35.5. The molecule has 1 aromatic rings. The zero-order valence-corrected chi connectivity index (χ0v) is 13.4. The first-order chi connectivity index (χ1) is 9.73. The predicted molar refractivity (Wildman–Crippen MR) is 81.6 cm³/mol. The Morgan fingerprint density at radius 2 is 1.81 bits per heavy atom. The van der Waals surface area contributed by atoms with Gasteiger partial charge in [0, 0.05) is 24.0 Å². The zero-order valence-electron chi connectivity index (χ0n) is 11.1. The molecule has 2 rings (SSSR count). The summed E-state index contributed by atoms with van der Waals surface area (Å²) in [5.41, 5.74) is 11.0. The van der Waals surface area contributed by atoms with E-state index in [1.54, 1.807) is 0 Å². The van der Waals surface area contributed by atoms with Gasteiger partial charge in [-0.2, -0.15) is 4.31 Å². The summed E-state index contributed by atoms with van der Waals surface area (Å²) in [5, 5.41) is 0.251. The molecule has 116 valence electrons. The van der Waals surface area contributed by atoms with Gasteiger partial charge in [-0.3, -0.25) is 4.79 Å². The fraction of sp³-hybridized carbons (Fsp3) is 0.417. The number of hydrogen-bond acceptors (Lipinski definition) is 4. The molecular formula is C12H15Cl2N3O3S. The molecule has 0 aliphatic carbocycles. The predicted octanol–water partition coefficient (Wildman–Crippen LogP) is 1.46. The first kappa shape index (κ1) is 16.4. The van der Waals surface area contributed by atoms with Crippen LogP contribution in [0.1, 0.15) is 12.8 Å². The van der Waals surface area contributed by atoms with Crippen LogP contribution in [0, 0.1) is 5.92 Å². The van der Waals surface area contributed by atoms with E-state index in [1.807, 2.05) is 0 Å². The summed E-state index contributed by atoms with van der Waals surface area (Å²) in [6.07, 6.45) is 0.777. The highest BCUT2D eigenvalue weighted by Crippen LogP contribution is 2.34. The number of carbonyl (C=O) groups excluding carboxylic acids is 1.